The van der Waals surface area contributed by atoms with Crippen molar-refractivity contribution in [1.82, 2.24) is 0 Å². The van der Waals surface area contributed by atoms with Crippen LogP contribution in [-0.2, 0) is 4.74 Å². The Morgan fingerprint density at radius 3 is 2.65 bits per heavy atom. The molecule has 0 aliphatic heterocycles. The van der Waals surface area contributed by atoms with Crippen molar-refractivity contribution in [3.63, 3.8) is 0 Å². The normalized spacial score (nSPS) is 10.1. The minimum absolute atomic E-state index is 0.166. The van der Waals surface area contributed by atoms with Crippen LogP contribution >= 0.6 is 0 Å². The molecule has 1 rings (SSSR count). The van der Waals surface area contributed by atoms with Crippen LogP contribution in [0.3, 0.4) is 0 Å². The van der Waals surface area contributed by atoms with Gasteiger partial charge in [-0.15, -0.1) is 0 Å². The lowest BCUT2D eigenvalue weighted by Crippen LogP contribution is -2.18. The second kappa shape index (κ2) is 5.24. The minimum Gasteiger partial charge on any atom is -0.447 e. The zero-order valence-corrected chi connectivity index (χ0v) is 9.27. The quantitative estimate of drug-likeness (QED) is 0.652. The number of hydrogen-bond acceptors (Lipinski definition) is 4. The van der Waals surface area contributed by atoms with Crippen molar-refractivity contribution < 1.29 is 18.8 Å². The highest BCUT2D eigenvalue weighted by Crippen LogP contribution is 2.20. The molecule has 0 aliphatic carbocycles. The van der Waals surface area contributed by atoms with Gasteiger partial charge in [-0.3, -0.25) is 15.4 Å². The number of amides is 1. The maximum atomic E-state index is 13.3. The van der Waals surface area contributed by atoms with E-state index >= 15 is 0 Å². The molecule has 0 fully saturated rings. The molecule has 1 aromatic carbocycles. The van der Waals surface area contributed by atoms with Crippen molar-refractivity contribution in [3.8, 4) is 0 Å². The van der Waals surface area contributed by atoms with Gasteiger partial charge in [-0.1, -0.05) is 0 Å². The van der Waals surface area contributed by atoms with Crippen molar-refractivity contribution in [2.24, 2.45) is 0 Å². The van der Waals surface area contributed by atoms with E-state index in [-0.39, 0.29) is 17.5 Å². The molecule has 1 amide bonds. The van der Waals surface area contributed by atoms with Gasteiger partial charge in [0.2, 0.25) is 0 Å². The highest BCUT2D eigenvalue weighted by atomic mass is 19.1. The lowest BCUT2D eigenvalue weighted by molar-refractivity contribution is -0.385. The van der Waals surface area contributed by atoms with E-state index in [1.54, 1.807) is 13.8 Å². The lowest BCUT2D eigenvalue weighted by atomic mass is 10.2. The van der Waals surface area contributed by atoms with E-state index in [0.717, 1.165) is 18.2 Å². The number of nitrogens with one attached hydrogen (secondary N) is 1. The maximum absolute atomic E-state index is 13.3. The number of benzene rings is 1. The van der Waals surface area contributed by atoms with E-state index in [9.17, 15) is 19.3 Å². The Labute approximate surface area is 96.5 Å². The smallest absolute Gasteiger partial charge is 0.411 e. The maximum Gasteiger partial charge on any atom is 0.411 e. The first-order chi connectivity index (χ1) is 7.90. The number of rotatable bonds is 3. The third-order valence-electron chi connectivity index (χ3n) is 1.74. The summed E-state index contributed by atoms with van der Waals surface area (Å²) in [6.45, 7) is 3.29. The fourth-order valence-corrected chi connectivity index (χ4v) is 1.07. The molecule has 7 heteroatoms. The van der Waals surface area contributed by atoms with E-state index in [4.69, 9.17) is 4.74 Å². The van der Waals surface area contributed by atoms with Gasteiger partial charge in [0.05, 0.1) is 22.8 Å². The molecular formula is C10H11FN2O4. The molecular weight excluding hydrogens is 231 g/mol. The highest BCUT2D eigenvalue weighted by molar-refractivity contribution is 5.85. The Morgan fingerprint density at radius 2 is 2.18 bits per heavy atom. The van der Waals surface area contributed by atoms with Crippen LogP contribution in [-0.4, -0.2) is 17.1 Å². The summed E-state index contributed by atoms with van der Waals surface area (Å²) in [5.74, 6) is -0.889. The molecule has 0 spiro atoms. The second-order valence-corrected chi connectivity index (χ2v) is 3.50. The van der Waals surface area contributed by atoms with Gasteiger partial charge < -0.3 is 4.74 Å². The van der Waals surface area contributed by atoms with Crippen LogP contribution in [0.5, 0.6) is 0 Å². The molecule has 0 heterocycles. The van der Waals surface area contributed by atoms with Crippen LogP contribution in [0.15, 0.2) is 18.2 Å². The van der Waals surface area contributed by atoms with Crippen molar-refractivity contribution >= 4 is 17.5 Å². The molecule has 0 radical (unpaired) electrons. The van der Waals surface area contributed by atoms with Crippen molar-refractivity contribution in [1.29, 1.82) is 0 Å². The number of carbonyl (C=O) groups excluding carboxylic acids is 1. The number of anilines is 1. The molecule has 0 bridgehead atoms. The Morgan fingerprint density at radius 1 is 1.53 bits per heavy atom. The summed E-state index contributed by atoms with van der Waals surface area (Å²) in [4.78, 5) is 20.8. The summed E-state index contributed by atoms with van der Waals surface area (Å²) in [5, 5.41) is 12.5. The van der Waals surface area contributed by atoms with Crippen molar-refractivity contribution in [2.45, 2.75) is 20.0 Å². The Kier molecular flexibility index (Phi) is 3.97. The SMILES string of the molecule is CC(C)OC(=O)Nc1ccc([N+](=O)[O-])cc1F. The van der Waals surface area contributed by atoms with Gasteiger partial charge >= 0.3 is 6.09 Å². The number of halogens is 1. The van der Waals surface area contributed by atoms with E-state index in [1.165, 1.54) is 0 Å². The topological polar surface area (TPSA) is 81.5 Å². The van der Waals surface area contributed by atoms with Gasteiger partial charge in [0.1, 0.15) is 0 Å². The van der Waals surface area contributed by atoms with Crippen LogP contribution in [0.1, 0.15) is 13.8 Å². The molecule has 1 aromatic rings. The van der Waals surface area contributed by atoms with Gasteiger partial charge in [0.25, 0.3) is 5.69 Å². The molecule has 1 N–H and O–H groups in total. The van der Waals surface area contributed by atoms with Gasteiger partial charge in [0.15, 0.2) is 5.82 Å². The fourth-order valence-electron chi connectivity index (χ4n) is 1.07. The molecule has 0 aliphatic rings. The summed E-state index contributed by atoms with van der Waals surface area (Å²) in [7, 11) is 0. The van der Waals surface area contributed by atoms with E-state index in [0.29, 0.717) is 0 Å². The molecule has 0 saturated carbocycles. The molecule has 0 aromatic heterocycles. The number of ether oxygens (including phenoxy) is 1. The van der Waals surface area contributed by atoms with Crippen LogP contribution in [0.25, 0.3) is 0 Å². The molecule has 0 unspecified atom stereocenters. The summed E-state index contributed by atoms with van der Waals surface area (Å²) in [6.07, 6.45) is -1.15. The first-order valence-corrected chi connectivity index (χ1v) is 4.81. The summed E-state index contributed by atoms with van der Waals surface area (Å²) in [6, 6.07) is 2.92. The van der Waals surface area contributed by atoms with Gasteiger partial charge in [0, 0.05) is 6.07 Å². The molecule has 92 valence electrons. The zero-order valence-electron chi connectivity index (χ0n) is 9.27. The standard InChI is InChI=1S/C10H11FN2O4/c1-6(2)17-10(14)12-9-4-3-7(13(15)16)5-8(9)11/h3-6H,1-2H3,(H,12,14). The van der Waals surface area contributed by atoms with Gasteiger partial charge in [-0.25, -0.2) is 9.18 Å². The monoisotopic (exact) mass is 242 g/mol. The van der Waals surface area contributed by atoms with Crippen LogP contribution in [0, 0.1) is 15.9 Å². The Bertz CT molecular complexity index is 448. The number of nitro benzene ring substituents is 1. The fraction of sp³-hybridized carbons (Fsp3) is 0.300. The van der Waals surface area contributed by atoms with Crippen LogP contribution < -0.4 is 5.32 Å². The van der Waals surface area contributed by atoms with Gasteiger partial charge in [-0.2, -0.15) is 0 Å². The number of nitro groups is 1. The first kappa shape index (κ1) is 12.9. The number of hydrogen-bond donors (Lipinski definition) is 1. The Balaban J connectivity index is 2.79. The molecule has 0 saturated heterocycles. The average Bonchev–Trinajstić information content (AvgIpc) is 2.19. The summed E-state index contributed by atoms with van der Waals surface area (Å²) < 4.78 is 18.1. The van der Waals surface area contributed by atoms with E-state index in [1.807, 2.05) is 0 Å². The largest absolute Gasteiger partial charge is 0.447 e. The number of nitrogens with zero attached hydrogens (tertiary/aromatic N) is 1. The third-order valence-corrected chi connectivity index (χ3v) is 1.74. The van der Waals surface area contributed by atoms with Crippen LogP contribution in [0.2, 0.25) is 0 Å². The second-order valence-electron chi connectivity index (χ2n) is 3.50. The van der Waals surface area contributed by atoms with E-state index < -0.39 is 16.8 Å². The minimum atomic E-state index is -0.889. The summed E-state index contributed by atoms with van der Waals surface area (Å²) in [5.41, 5.74) is -0.550. The lowest BCUT2D eigenvalue weighted by Gasteiger charge is -2.09. The zero-order chi connectivity index (χ0) is 13.0. The number of non-ortho nitro benzene ring substituents is 1. The van der Waals surface area contributed by atoms with Gasteiger partial charge in [-0.05, 0) is 19.9 Å². The van der Waals surface area contributed by atoms with Crippen molar-refractivity contribution in [3.05, 3.63) is 34.1 Å². The molecule has 6 nitrogen and oxygen atoms in total. The predicted molar refractivity (Wildman–Crippen MR) is 58.3 cm³/mol. The molecule has 0 atom stereocenters. The molecule has 17 heavy (non-hydrogen) atoms. The number of carbonyl (C=O) groups is 1. The van der Waals surface area contributed by atoms with Crippen LogP contribution in [0.4, 0.5) is 20.6 Å². The first-order valence-electron chi connectivity index (χ1n) is 4.81. The Hall–Kier alpha value is -2.18. The average molecular weight is 242 g/mol. The predicted octanol–water partition coefficient (Wildman–Crippen LogP) is 2.69. The summed E-state index contributed by atoms with van der Waals surface area (Å²) >= 11 is 0. The highest BCUT2D eigenvalue weighted by Gasteiger charge is 2.13. The van der Waals surface area contributed by atoms with E-state index in [2.05, 4.69) is 5.32 Å². The third kappa shape index (κ3) is 3.71. The van der Waals surface area contributed by atoms with Crippen molar-refractivity contribution in [2.75, 3.05) is 5.32 Å².